The van der Waals surface area contributed by atoms with Gasteiger partial charge >= 0.3 is 0 Å². The molecule has 0 saturated carbocycles. The van der Waals surface area contributed by atoms with Gasteiger partial charge in [-0.3, -0.25) is 0 Å². The highest BCUT2D eigenvalue weighted by atomic mass is 15.3. The lowest BCUT2D eigenvalue weighted by molar-refractivity contribution is 0.649. The molecule has 0 saturated heterocycles. The first-order valence-corrected chi connectivity index (χ1v) is 5.98. The molecule has 0 aromatic carbocycles. The SMILES string of the molecule is CCC(C)c1nc(C(C)C)c2cccnn12. The Morgan fingerprint density at radius 3 is 2.69 bits per heavy atom. The predicted octanol–water partition coefficient (Wildman–Crippen LogP) is 3.37. The molecule has 86 valence electrons. The van der Waals surface area contributed by atoms with Crippen molar-refractivity contribution >= 4 is 5.52 Å². The van der Waals surface area contributed by atoms with Crippen LogP contribution in [0.15, 0.2) is 18.3 Å². The maximum atomic E-state index is 4.76. The van der Waals surface area contributed by atoms with E-state index in [-0.39, 0.29) is 0 Å². The molecule has 1 atom stereocenters. The molecular weight excluding hydrogens is 198 g/mol. The van der Waals surface area contributed by atoms with Crippen molar-refractivity contribution in [1.29, 1.82) is 0 Å². The van der Waals surface area contributed by atoms with Gasteiger partial charge in [0.05, 0.1) is 11.2 Å². The fourth-order valence-electron chi connectivity index (χ4n) is 1.90. The van der Waals surface area contributed by atoms with Gasteiger partial charge in [0, 0.05) is 12.1 Å². The molecule has 2 heterocycles. The van der Waals surface area contributed by atoms with E-state index in [1.165, 1.54) is 0 Å². The Kier molecular flexibility index (Phi) is 2.95. The van der Waals surface area contributed by atoms with E-state index in [9.17, 15) is 0 Å². The number of nitrogens with zero attached hydrogens (tertiary/aromatic N) is 3. The summed E-state index contributed by atoms with van der Waals surface area (Å²) < 4.78 is 1.99. The lowest BCUT2D eigenvalue weighted by Gasteiger charge is -2.05. The van der Waals surface area contributed by atoms with Crippen LogP contribution < -0.4 is 0 Å². The molecular formula is C13H19N3. The second kappa shape index (κ2) is 4.24. The van der Waals surface area contributed by atoms with Crippen LogP contribution in [0.5, 0.6) is 0 Å². The molecule has 0 aliphatic carbocycles. The van der Waals surface area contributed by atoms with E-state index in [0.29, 0.717) is 11.8 Å². The highest BCUT2D eigenvalue weighted by Crippen LogP contribution is 2.25. The molecule has 0 N–H and O–H groups in total. The van der Waals surface area contributed by atoms with Gasteiger partial charge in [0.1, 0.15) is 5.82 Å². The summed E-state index contributed by atoms with van der Waals surface area (Å²) in [6.45, 7) is 8.74. The monoisotopic (exact) mass is 217 g/mol. The molecule has 1 unspecified atom stereocenters. The van der Waals surface area contributed by atoms with Crippen LogP contribution in [0.3, 0.4) is 0 Å². The van der Waals surface area contributed by atoms with Crippen LogP contribution in [-0.2, 0) is 0 Å². The summed E-state index contributed by atoms with van der Waals surface area (Å²) in [7, 11) is 0. The minimum absolute atomic E-state index is 0.442. The molecule has 2 aromatic rings. The number of fused-ring (bicyclic) bond motifs is 1. The van der Waals surface area contributed by atoms with Gasteiger partial charge in [-0.05, 0) is 24.5 Å². The summed E-state index contributed by atoms with van der Waals surface area (Å²) in [6, 6.07) is 4.07. The second-order valence-electron chi connectivity index (χ2n) is 4.64. The molecule has 0 fully saturated rings. The Balaban J connectivity index is 2.66. The third kappa shape index (κ3) is 1.70. The van der Waals surface area contributed by atoms with Crippen LogP contribution in [0, 0.1) is 0 Å². The van der Waals surface area contributed by atoms with Crippen molar-refractivity contribution in [2.75, 3.05) is 0 Å². The molecule has 0 radical (unpaired) electrons. The predicted molar refractivity (Wildman–Crippen MR) is 65.8 cm³/mol. The minimum atomic E-state index is 0.442. The van der Waals surface area contributed by atoms with Crippen LogP contribution in [0.1, 0.15) is 57.5 Å². The van der Waals surface area contributed by atoms with Crippen molar-refractivity contribution in [3.8, 4) is 0 Å². The number of rotatable bonds is 3. The van der Waals surface area contributed by atoms with Crippen molar-refractivity contribution in [2.45, 2.75) is 46.0 Å². The standard InChI is InChI=1S/C13H19N3/c1-5-10(4)13-15-12(9(2)3)11-7-6-8-14-16(11)13/h6-10H,5H2,1-4H3. The molecule has 3 nitrogen and oxygen atoms in total. The topological polar surface area (TPSA) is 30.2 Å². The van der Waals surface area contributed by atoms with E-state index in [2.05, 4.69) is 38.9 Å². The molecule has 0 aliphatic rings. The Bertz CT molecular complexity index is 485. The summed E-state index contributed by atoms with van der Waals surface area (Å²) >= 11 is 0. The van der Waals surface area contributed by atoms with Crippen LogP contribution >= 0.6 is 0 Å². The van der Waals surface area contributed by atoms with Crippen molar-refractivity contribution in [3.05, 3.63) is 29.8 Å². The van der Waals surface area contributed by atoms with E-state index in [1.807, 2.05) is 16.8 Å². The third-order valence-corrected chi connectivity index (χ3v) is 3.06. The molecule has 16 heavy (non-hydrogen) atoms. The summed E-state index contributed by atoms with van der Waals surface area (Å²) in [4.78, 5) is 4.76. The fraction of sp³-hybridized carbons (Fsp3) is 0.538. The van der Waals surface area contributed by atoms with Crippen molar-refractivity contribution in [3.63, 3.8) is 0 Å². The van der Waals surface area contributed by atoms with Crippen molar-refractivity contribution in [1.82, 2.24) is 14.6 Å². The number of hydrogen-bond donors (Lipinski definition) is 0. The Hall–Kier alpha value is -1.38. The Labute approximate surface area is 96.5 Å². The largest absolute Gasteiger partial charge is 0.235 e. The van der Waals surface area contributed by atoms with Gasteiger partial charge in [-0.1, -0.05) is 27.7 Å². The van der Waals surface area contributed by atoms with Crippen molar-refractivity contribution < 1.29 is 0 Å². The third-order valence-electron chi connectivity index (χ3n) is 3.06. The van der Waals surface area contributed by atoms with Crippen LogP contribution in [0.2, 0.25) is 0 Å². The molecule has 0 bridgehead atoms. The first-order valence-electron chi connectivity index (χ1n) is 5.98. The zero-order valence-corrected chi connectivity index (χ0v) is 10.4. The molecule has 0 aliphatic heterocycles. The highest BCUT2D eigenvalue weighted by molar-refractivity contribution is 5.53. The normalized spacial score (nSPS) is 13.6. The zero-order valence-electron chi connectivity index (χ0n) is 10.4. The van der Waals surface area contributed by atoms with Gasteiger partial charge in [0.15, 0.2) is 0 Å². The maximum absolute atomic E-state index is 4.76. The number of hydrogen-bond acceptors (Lipinski definition) is 2. The molecule has 3 heteroatoms. The summed E-state index contributed by atoms with van der Waals surface area (Å²) in [5.41, 5.74) is 2.30. The number of imidazole rings is 1. The first kappa shape index (κ1) is 11.1. The van der Waals surface area contributed by atoms with Gasteiger partial charge in [0.2, 0.25) is 0 Å². The summed E-state index contributed by atoms with van der Waals surface area (Å²) in [5.74, 6) is 1.98. The maximum Gasteiger partial charge on any atom is 0.133 e. The quantitative estimate of drug-likeness (QED) is 0.789. The van der Waals surface area contributed by atoms with E-state index in [4.69, 9.17) is 4.98 Å². The molecule has 0 spiro atoms. The number of aromatic nitrogens is 3. The van der Waals surface area contributed by atoms with Gasteiger partial charge in [-0.15, -0.1) is 0 Å². The molecule has 2 aromatic heterocycles. The average molecular weight is 217 g/mol. The van der Waals surface area contributed by atoms with Crippen LogP contribution in [-0.4, -0.2) is 14.6 Å². The van der Waals surface area contributed by atoms with E-state index >= 15 is 0 Å². The first-order chi connectivity index (χ1) is 7.65. The fourth-order valence-corrected chi connectivity index (χ4v) is 1.90. The van der Waals surface area contributed by atoms with E-state index < -0.39 is 0 Å². The summed E-state index contributed by atoms with van der Waals surface area (Å²) in [6.07, 6.45) is 2.91. The minimum Gasteiger partial charge on any atom is -0.235 e. The van der Waals surface area contributed by atoms with E-state index in [0.717, 1.165) is 23.5 Å². The van der Waals surface area contributed by atoms with Gasteiger partial charge in [-0.2, -0.15) is 5.10 Å². The average Bonchev–Trinajstić information content (AvgIpc) is 2.67. The molecule has 0 amide bonds. The summed E-state index contributed by atoms with van der Waals surface area (Å²) in [5, 5.41) is 4.41. The van der Waals surface area contributed by atoms with Crippen LogP contribution in [0.4, 0.5) is 0 Å². The zero-order chi connectivity index (χ0) is 11.7. The van der Waals surface area contributed by atoms with Gasteiger partial charge in [-0.25, -0.2) is 9.50 Å². The Morgan fingerprint density at radius 2 is 2.06 bits per heavy atom. The highest BCUT2D eigenvalue weighted by Gasteiger charge is 2.17. The second-order valence-corrected chi connectivity index (χ2v) is 4.64. The Morgan fingerprint density at radius 1 is 1.31 bits per heavy atom. The van der Waals surface area contributed by atoms with Crippen LogP contribution in [0.25, 0.3) is 5.52 Å². The lowest BCUT2D eigenvalue weighted by atomic mass is 10.1. The van der Waals surface area contributed by atoms with Gasteiger partial charge < -0.3 is 0 Å². The smallest absolute Gasteiger partial charge is 0.133 e. The lowest BCUT2D eigenvalue weighted by Crippen LogP contribution is -2.01. The molecule has 2 rings (SSSR count). The van der Waals surface area contributed by atoms with Gasteiger partial charge in [0.25, 0.3) is 0 Å². The van der Waals surface area contributed by atoms with Crippen molar-refractivity contribution in [2.24, 2.45) is 0 Å². The van der Waals surface area contributed by atoms with E-state index in [1.54, 1.807) is 0 Å².